The van der Waals surface area contributed by atoms with E-state index in [0.29, 0.717) is 5.92 Å². The minimum absolute atomic E-state index is 0.160. The molecule has 2 atom stereocenters. The highest BCUT2D eigenvalue weighted by Gasteiger charge is 2.26. The summed E-state index contributed by atoms with van der Waals surface area (Å²) in [5, 5.41) is 13.4. The van der Waals surface area contributed by atoms with Crippen molar-refractivity contribution in [2.24, 2.45) is 10.9 Å². The zero-order chi connectivity index (χ0) is 16.1. The van der Waals surface area contributed by atoms with Gasteiger partial charge in [0.05, 0.1) is 6.10 Å². The Kier molecular flexibility index (Phi) is 5.27. The van der Waals surface area contributed by atoms with Crippen LogP contribution in [0.15, 0.2) is 23.5 Å². The first-order chi connectivity index (χ1) is 11.3. The fraction of sp³-hybridized carbons (Fsp3) is 0.688. The average Bonchev–Trinajstić information content (AvgIpc) is 3.02. The number of aliphatic imine (C=N–C) groups is 1. The van der Waals surface area contributed by atoms with Crippen LogP contribution < -0.4 is 10.2 Å². The molecule has 2 fully saturated rings. The van der Waals surface area contributed by atoms with Crippen molar-refractivity contribution >= 4 is 11.9 Å². The quantitative estimate of drug-likeness (QED) is 0.618. The molecule has 3 rings (SSSR count). The Morgan fingerprint density at radius 3 is 2.61 bits per heavy atom. The number of aliphatic hydroxyl groups excluding tert-OH is 1. The predicted octanol–water partition coefficient (Wildman–Crippen LogP) is 0.335. The number of aromatic nitrogens is 2. The Hall–Kier alpha value is -1.89. The molecule has 126 valence electrons. The molecular weight excluding hydrogens is 292 g/mol. The lowest BCUT2D eigenvalue weighted by atomic mass is 10.1. The summed E-state index contributed by atoms with van der Waals surface area (Å²) in [4.78, 5) is 17.5. The van der Waals surface area contributed by atoms with E-state index in [1.165, 1.54) is 0 Å². The van der Waals surface area contributed by atoms with Crippen molar-refractivity contribution in [3.63, 3.8) is 0 Å². The van der Waals surface area contributed by atoms with E-state index in [1.54, 1.807) is 12.4 Å². The van der Waals surface area contributed by atoms with E-state index in [1.807, 2.05) is 13.1 Å². The third kappa shape index (κ3) is 3.90. The van der Waals surface area contributed by atoms with E-state index >= 15 is 0 Å². The van der Waals surface area contributed by atoms with Crippen molar-refractivity contribution in [1.29, 1.82) is 0 Å². The summed E-state index contributed by atoms with van der Waals surface area (Å²) in [5.41, 5.74) is 0. The van der Waals surface area contributed by atoms with E-state index < -0.39 is 0 Å². The molecule has 2 unspecified atom stereocenters. The van der Waals surface area contributed by atoms with Gasteiger partial charge in [-0.2, -0.15) is 0 Å². The summed E-state index contributed by atoms with van der Waals surface area (Å²) in [6.07, 6.45) is 6.56. The van der Waals surface area contributed by atoms with E-state index in [2.05, 4.69) is 30.1 Å². The minimum atomic E-state index is -0.160. The SMILES string of the molecule is CN=C(NCC1CCCC1O)N1CCN(c2ncccn2)CC1. The second-order valence-corrected chi connectivity index (χ2v) is 6.21. The van der Waals surface area contributed by atoms with Crippen LogP contribution in [0, 0.1) is 5.92 Å². The third-order valence-corrected chi connectivity index (χ3v) is 4.77. The Balaban J connectivity index is 1.49. The fourth-order valence-corrected chi connectivity index (χ4v) is 3.38. The number of rotatable bonds is 3. The molecule has 2 aliphatic rings. The summed E-state index contributed by atoms with van der Waals surface area (Å²) < 4.78 is 0. The predicted molar refractivity (Wildman–Crippen MR) is 90.5 cm³/mol. The van der Waals surface area contributed by atoms with Gasteiger partial charge in [0, 0.05) is 58.1 Å². The molecule has 1 aliphatic carbocycles. The number of guanidine groups is 1. The van der Waals surface area contributed by atoms with E-state index in [4.69, 9.17) is 0 Å². The van der Waals surface area contributed by atoms with Crippen molar-refractivity contribution in [3.8, 4) is 0 Å². The van der Waals surface area contributed by atoms with Crippen LogP contribution in [-0.2, 0) is 0 Å². The van der Waals surface area contributed by atoms with Gasteiger partial charge in [-0.1, -0.05) is 6.42 Å². The van der Waals surface area contributed by atoms with Gasteiger partial charge in [0.1, 0.15) is 0 Å². The zero-order valence-electron chi connectivity index (χ0n) is 13.7. The van der Waals surface area contributed by atoms with Gasteiger partial charge in [-0.05, 0) is 18.9 Å². The molecule has 1 saturated carbocycles. The van der Waals surface area contributed by atoms with Crippen LogP contribution in [0.4, 0.5) is 5.95 Å². The zero-order valence-corrected chi connectivity index (χ0v) is 13.7. The number of aliphatic hydroxyl groups is 1. The van der Waals surface area contributed by atoms with E-state index in [0.717, 1.165) is 63.9 Å². The van der Waals surface area contributed by atoms with Crippen LogP contribution in [0.1, 0.15) is 19.3 Å². The van der Waals surface area contributed by atoms with Crippen molar-refractivity contribution < 1.29 is 5.11 Å². The van der Waals surface area contributed by atoms with Crippen LogP contribution in [0.2, 0.25) is 0 Å². The van der Waals surface area contributed by atoms with Gasteiger partial charge in [-0.3, -0.25) is 4.99 Å². The van der Waals surface area contributed by atoms with E-state index in [9.17, 15) is 5.11 Å². The first-order valence-corrected chi connectivity index (χ1v) is 8.43. The van der Waals surface area contributed by atoms with Gasteiger partial charge in [0.25, 0.3) is 0 Å². The fourth-order valence-electron chi connectivity index (χ4n) is 3.38. The van der Waals surface area contributed by atoms with Crippen molar-refractivity contribution in [1.82, 2.24) is 20.2 Å². The maximum absolute atomic E-state index is 9.93. The highest BCUT2D eigenvalue weighted by Crippen LogP contribution is 2.24. The molecule has 0 amide bonds. The summed E-state index contributed by atoms with van der Waals surface area (Å²) in [7, 11) is 1.82. The highest BCUT2D eigenvalue weighted by atomic mass is 16.3. The number of anilines is 1. The van der Waals surface area contributed by atoms with Crippen molar-refractivity contribution in [2.45, 2.75) is 25.4 Å². The second kappa shape index (κ2) is 7.59. The molecule has 2 heterocycles. The molecule has 1 aromatic heterocycles. The van der Waals surface area contributed by atoms with Gasteiger partial charge < -0.3 is 20.2 Å². The third-order valence-electron chi connectivity index (χ3n) is 4.77. The minimum Gasteiger partial charge on any atom is -0.393 e. The molecule has 0 spiro atoms. The Labute approximate surface area is 137 Å². The van der Waals surface area contributed by atoms with Crippen LogP contribution >= 0.6 is 0 Å². The number of hydrogen-bond donors (Lipinski definition) is 2. The Morgan fingerprint density at radius 2 is 2.00 bits per heavy atom. The lowest BCUT2D eigenvalue weighted by Crippen LogP contribution is -2.53. The molecule has 2 N–H and O–H groups in total. The summed E-state index contributed by atoms with van der Waals surface area (Å²) in [5.74, 6) is 2.08. The second-order valence-electron chi connectivity index (χ2n) is 6.21. The van der Waals surface area contributed by atoms with Crippen molar-refractivity contribution in [2.75, 3.05) is 44.7 Å². The normalized spacial score (nSPS) is 25.7. The molecule has 1 aliphatic heterocycles. The Morgan fingerprint density at radius 1 is 1.26 bits per heavy atom. The molecule has 0 aromatic carbocycles. The van der Waals surface area contributed by atoms with Crippen molar-refractivity contribution in [3.05, 3.63) is 18.5 Å². The Bertz CT molecular complexity index is 515. The smallest absolute Gasteiger partial charge is 0.225 e. The number of nitrogens with one attached hydrogen (secondary N) is 1. The molecule has 7 heteroatoms. The van der Waals surface area contributed by atoms with Crippen LogP contribution in [-0.4, -0.2) is 71.8 Å². The van der Waals surface area contributed by atoms with Crippen LogP contribution in [0.25, 0.3) is 0 Å². The van der Waals surface area contributed by atoms with Gasteiger partial charge >= 0.3 is 0 Å². The van der Waals surface area contributed by atoms with Gasteiger partial charge in [-0.25, -0.2) is 9.97 Å². The molecule has 1 saturated heterocycles. The standard InChI is InChI=1S/C16H26N6O/c1-17-15(20-12-13-4-2-5-14(13)23)21-8-10-22(11-9-21)16-18-6-3-7-19-16/h3,6-7,13-14,23H,2,4-5,8-12H2,1H3,(H,17,20). The maximum Gasteiger partial charge on any atom is 0.225 e. The number of nitrogens with zero attached hydrogens (tertiary/aromatic N) is 5. The maximum atomic E-state index is 9.93. The number of piperazine rings is 1. The highest BCUT2D eigenvalue weighted by molar-refractivity contribution is 5.80. The topological polar surface area (TPSA) is 76.9 Å². The summed E-state index contributed by atoms with van der Waals surface area (Å²) in [6, 6.07) is 1.84. The lowest BCUT2D eigenvalue weighted by molar-refractivity contribution is 0.133. The molecule has 7 nitrogen and oxygen atoms in total. The molecular formula is C16H26N6O. The van der Waals surface area contributed by atoms with Gasteiger partial charge in [0.2, 0.25) is 5.95 Å². The summed E-state index contributed by atoms with van der Waals surface area (Å²) >= 11 is 0. The van der Waals surface area contributed by atoms with Gasteiger partial charge in [-0.15, -0.1) is 0 Å². The van der Waals surface area contributed by atoms with E-state index in [-0.39, 0.29) is 6.10 Å². The van der Waals surface area contributed by atoms with Crippen LogP contribution in [0.3, 0.4) is 0 Å². The van der Waals surface area contributed by atoms with Crippen LogP contribution in [0.5, 0.6) is 0 Å². The summed E-state index contributed by atoms with van der Waals surface area (Å²) in [6.45, 7) is 4.36. The largest absolute Gasteiger partial charge is 0.393 e. The number of hydrogen-bond acceptors (Lipinski definition) is 5. The van der Waals surface area contributed by atoms with Gasteiger partial charge in [0.15, 0.2) is 5.96 Å². The molecule has 1 aromatic rings. The first-order valence-electron chi connectivity index (χ1n) is 8.43. The molecule has 0 bridgehead atoms. The molecule has 23 heavy (non-hydrogen) atoms. The molecule has 0 radical (unpaired) electrons. The first kappa shape index (κ1) is 16.0. The lowest BCUT2D eigenvalue weighted by Gasteiger charge is -2.36. The monoisotopic (exact) mass is 318 g/mol. The average molecular weight is 318 g/mol.